The van der Waals surface area contributed by atoms with Crippen molar-refractivity contribution in [1.29, 1.82) is 0 Å². The molecule has 0 spiro atoms. The fraction of sp³-hybridized carbons (Fsp3) is 0.231. The van der Waals surface area contributed by atoms with E-state index in [2.05, 4.69) is 25.9 Å². The molecule has 2 N–H and O–H groups in total. The molecule has 1 unspecified atom stereocenters. The second kappa shape index (κ2) is 5.38. The van der Waals surface area contributed by atoms with Crippen molar-refractivity contribution in [3.63, 3.8) is 0 Å². The number of rotatable bonds is 3. The van der Waals surface area contributed by atoms with Crippen LogP contribution in [0.5, 0.6) is 0 Å². The molecule has 2 aromatic rings. The molecule has 0 radical (unpaired) electrons. The molecule has 0 aliphatic rings. The molecule has 88 valence electrons. The van der Waals surface area contributed by atoms with Gasteiger partial charge in [-0.25, -0.2) is 9.97 Å². The van der Waals surface area contributed by atoms with E-state index in [0.29, 0.717) is 0 Å². The maximum absolute atomic E-state index is 5.77. The molecule has 17 heavy (non-hydrogen) atoms. The Hall–Kier alpha value is -1.26. The molecule has 4 heteroatoms. The molecular formula is C13H14BrN3. The van der Waals surface area contributed by atoms with Crippen LogP contribution in [0, 0.1) is 0 Å². The van der Waals surface area contributed by atoms with Crippen molar-refractivity contribution >= 4 is 15.9 Å². The Balaban J connectivity index is 2.29. The number of hydrogen-bond donors (Lipinski definition) is 1. The number of benzene rings is 1. The Morgan fingerprint density at radius 2 is 1.94 bits per heavy atom. The summed E-state index contributed by atoms with van der Waals surface area (Å²) in [6.07, 6.45) is 2.55. The zero-order valence-corrected chi connectivity index (χ0v) is 11.2. The van der Waals surface area contributed by atoms with Gasteiger partial charge in [0.15, 0.2) is 5.82 Å². The zero-order valence-electron chi connectivity index (χ0n) is 9.60. The van der Waals surface area contributed by atoms with Gasteiger partial charge in [0, 0.05) is 34.4 Å². The van der Waals surface area contributed by atoms with Gasteiger partial charge in [0.2, 0.25) is 0 Å². The number of nitrogens with zero attached hydrogens (tertiary/aromatic N) is 2. The summed E-state index contributed by atoms with van der Waals surface area (Å²) in [6, 6.07) is 9.98. The van der Waals surface area contributed by atoms with Crippen LogP contribution in [0.1, 0.15) is 12.6 Å². The summed E-state index contributed by atoms with van der Waals surface area (Å²) in [7, 11) is 0. The molecule has 1 aromatic heterocycles. The van der Waals surface area contributed by atoms with E-state index in [1.54, 1.807) is 6.20 Å². The summed E-state index contributed by atoms with van der Waals surface area (Å²) in [5.74, 6) is 0.746. The lowest BCUT2D eigenvalue weighted by atomic mass is 10.1. The predicted molar refractivity (Wildman–Crippen MR) is 72.5 cm³/mol. The summed E-state index contributed by atoms with van der Waals surface area (Å²) in [6.45, 7) is 1.97. The standard InChI is InChI=1S/C13H14BrN3/c1-9(15)8-12-6-7-16-13(17-12)10-2-4-11(14)5-3-10/h2-7,9H,8,15H2,1H3. The molecule has 1 aromatic carbocycles. The third-order valence-electron chi connectivity index (χ3n) is 2.35. The van der Waals surface area contributed by atoms with Gasteiger partial charge in [-0.05, 0) is 25.1 Å². The third kappa shape index (κ3) is 3.35. The highest BCUT2D eigenvalue weighted by molar-refractivity contribution is 9.10. The van der Waals surface area contributed by atoms with Crippen LogP contribution in [0.4, 0.5) is 0 Å². The van der Waals surface area contributed by atoms with E-state index in [1.807, 2.05) is 37.3 Å². The van der Waals surface area contributed by atoms with Crippen molar-refractivity contribution in [3.05, 3.63) is 46.7 Å². The molecule has 0 fully saturated rings. The first kappa shape index (κ1) is 12.2. The molecule has 2 rings (SSSR count). The Morgan fingerprint density at radius 1 is 1.24 bits per heavy atom. The number of aromatic nitrogens is 2. The fourth-order valence-electron chi connectivity index (χ4n) is 1.58. The van der Waals surface area contributed by atoms with Crippen LogP contribution in [-0.2, 0) is 6.42 Å². The average molecular weight is 292 g/mol. The van der Waals surface area contributed by atoms with Crippen LogP contribution >= 0.6 is 15.9 Å². The summed E-state index contributed by atoms with van der Waals surface area (Å²) >= 11 is 3.41. The lowest BCUT2D eigenvalue weighted by Crippen LogP contribution is -2.18. The summed E-state index contributed by atoms with van der Waals surface area (Å²) in [5.41, 5.74) is 7.76. The van der Waals surface area contributed by atoms with Crippen LogP contribution in [0.15, 0.2) is 41.0 Å². The van der Waals surface area contributed by atoms with Crippen molar-refractivity contribution < 1.29 is 0 Å². The molecule has 3 nitrogen and oxygen atoms in total. The monoisotopic (exact) mass is 291 g/mol. The molecule has 0 amide bonds. The quantitative estimate of drug-likeness (QED) is 0.946. The molecule has 0 aliphatic carbocycles. The summed E-state index contributed by atoms with van der Waals surface area (Å²) in [5, 5.41) is 0. The average Bonchev–Trinajstić information content (AvgIpc) is 2.29. The topological polar surface area (TPSA) is 51.8 Å². The minimum absolute atomic E-state index is 0.114. The van der Waals surface area contributed by atoms with E-state index in [1.165, 1.54) is 0 Å². The second-order valence-corrected chi connectivity index (χ2v) is 4.98. The normalized spacial score (nSPS) is 12.4. The van der Waals surface area contributed by atoms with E-state index in [0.717, 1.165) is 28.0 Å². The van der Waals surface area contributed by atoms with E-state index in [4.69, 9.17) is 5.73 Å². The molecule has 1 heterocycles. The first-order chi connectivity index (χ1) is 8.15. The highest BCUT2D eigenvalue weighted by atomic mass is 79.9. The van der Waals surface area contributed by atoms with Gasteiger partial charge in [0.25, 0.3) is 0 Å². The van der Waals surface area contributed by atoms with Gasteiger partial charge >= 0.3 is 0 Å². The van der Waals surface area contributed by atoms with Crippen LogP contribution in [0.2, 0.25) is 0 Å². The van der Waals surface area contributed by atoms with Gasteiger partial charge in [-0.1, -0.05) is 28.1 Å². The van der Waals surface area contributed by atoms with E-state index in [9.17, 15) is 0 Å². The van der Waals surface area contributed by atoms with E-state index < -0.39 is 0 Å². The lowest BCUT2D eigenvalue weighted by molar-refractivity contribution is 0.720. The van der Waals surface area contributed by atoms with Gasteiger partial charge in [0.1, 0.15) is 0 Å². The molecular weight excluding hydrogens is 278 g/mol. The smallest absolute Gasteiger partial charge is 0.159 e. The van der Waals surface area contributed by atoms with Crippen molar-refractivity contribution in [2.75, 3.05) is 0 Å². The first-order valence-corrected chi connectivity index (χ1v) is 6.28. The van der Waals surface area contributed by atoms with Crippen molar-refractivity contribution in [1.82, 2.24) is 9.97 Å². The van der Waals surface area contributed by atoms with Gasteiger partial charge in [-0.2, -0.15) is 0 Å². The maximum atomic E-state index is 5.77. The van der Waals surface area contributed by atoms with Crippen LogP contribution in [0.25, 0.3) is 11.4 Å². The Bertz CT molecular complexity index is 494. The lowest BCUT2D eigenvalue weighted by Gasteiger charge is -2.06. The Morgan fingerprint density at radius 3 is 2.59 bits per heavy atom. The number of halogens is 1. The Kier molecular flexibility index (Phi) is 3.86. The number of hydrogen-bond acceptors (Lipinski definition) is 3. The largest absolute Gasteiger partial charge is 0.328 e. The minimum Gasteiger partial charge on any atom is -0.328 e. The molecule has 0 bridgehead atoms. The van der Waals surface area contributed by atoms with Gasteiger partial charge in [-0.15, -0.1) is 0 Å². The summed E-state index contributed by atoms with van der Waals surface area (Å²) in [4.78, 5) is 8.79. The fourth-order valence-corrected chi connectivity index (χ4v) is 1.84. The zero-order chi connectivity index (χ0) is 12.3. The third-order valence-corrected chi connectivity index (χ3v) is 2.88. The molecule has 0 saturated heterocycles. The van der Waals surface area contributed by atoms with E-state index in [-0.39, 0.29) is 6.04 Å². The summed E-state index contributed by atoms with van der Waals surface area (Å²) < 4.78 is 1.05. The van der Waals surface area contributed by atoms with Gasteiger partial charge < -0.3 is 5.73 Å². The highest BCUT2D eigenvalue weighted by Gasteiger charge is 2.04. The minimum atomic E-state index is 0.114. The molecule has 0 aliphatic heterocycles. The predicted octanol–water partition coefficient (Wildman–Crippen LogP) is 2.80. The van der Waals surface area contributed by atoms with E-state index >= 15 is 0 Å². The van der Waals surface area contributed by atoms with Crippen LogP contribution in [0.3, 0.4) is 0 Å². The van der Waals surface area contributed by atoms with Crippen LogP contribution < -0.4 is 5.73 Å². The van der Waals surface area contributed by atoms with Crippen molar-refractivity contribution in [3.8, 4) is 11.4 Å². The van der Waals surface area contributed by atoms with Gasteiger partial charge in [-0.3, -0.25) is 0 Å². The van der Waals surface area contributed by atoms with Crippen molar-refractivity contribution in [2.24, 2.45) is 5.73 Å². The van der Waals surface area contributed by atoms with Crippen molar-refractivity contribution in [2.45, 2.75) is 19.4 Å². The Labute approximate surface area is 109 Å². The number of nitrogens with two attached hydrogens (primary N) is 1. The van der Waals surface area contributed by atoms with Crippen LogP contribution in [-0.4, -0.2) is 16.0 Å². The van der Waals surface area contributed by atoms with Gasteiger partial charge in [0.05, 0.1) is 0 Å². The second-order valence-electron chi connectivity index (χ2n) is 4.06. The molecule has 0 saturated carbocycles. The maximum Gasteiger partial charge on any atom is 0.159 e. The first-order valence-electron chi connectivity index (χ1n) is 5.48. The SMILES string of the molecule is CC(N)Cc1ccnc(-c2ccc(Br)cc2)n1. The molecule has 1 atom stereocenters. The highest BCUT2D eigenvalue weighted by Crippen LogP contribution is 2.18.